The van der Waals surface area contributed by atoms with Crippen LogP contribution in [0.25, 0.3) is 11.3 Å². The Bertz CT molecular complexity index is 669. The molecular formula is C15H17FN2O2. The highest BCUT2D eigenvalue weighted by Crippen LogP contribution is 2.24. The maximum Gasteiger partial charge on any atom is 0.326 e. The largest absolute Gasteiger partial charge is 0.381 e. The van der Waals surface area contributed by atoms with Crippen LogP contribution in [0.1, 0.15) is 24.4 Å². The third kappa shape index (κ3) is 2.41. The van der Waals surface area contributed by atoms with E-state index in [1.54, 1.807) is 22.9 Å². The molecule has 0 radical (unpaired) electrons. The predicted molar refractivity (Wildman–Crippen MR) is 74.3 cm³/mol. The summed E-state index contributed by atoms with van der Waals surface area (Å²) < 4.78 is 20.9. The number of hydrogen-bond acceptors (Lipinski definition) is 2. The van der Waals surface area contributed by atoms with Crippen LogP contribution >= 0.6 is 0 Å². The van der Waals surface area contributed by atoms with E-state index in [2.05, 4.69) is 4.98 Å². The van der Waals surface area contributed by atoms with Crippen LogP contribution in [0.15, 0.2) is 29.2 Å². The Labute approximate surface area is 116 Å². The third-order valence-electron chi connectivity index (χ3n) is 3.74. The van der Waals surface area contributed by atoms with E-state index in [1.807, 2.05) is 6.92 Å². The molecule has 1 fully saturated rings. The third-order valence-corrected chi connectivity index (χ3v) is 3.74. The summed E-state index contributed by atoms with van der Waals surface area (Å²) in [4.78, 5) is 14.8. The molecule has 1 aromatic heterocycles. The van der Waals surface area contributed by atoms with Gasteiger partial charge in [0.1, 0.15) is 5.82 Å². The maximum absolute atomic E-state index is 13.9. The average molecular weight is 276 g/mol. The van der Waals surface area contributed by atoms with E-state index in [-0.39, 0.29) is 17.5 Å². The van der Waals surface area contributed by atoms with Crippen molar-refractivity contribution >= 4 is 0 Å². The lowest BCUT2D eigenvalue weighted by Gasteiger charge is -2.22. The fraction of sp³-hybridized carbons (Fsp3) is 0.400. The van der Waals surface area contributed by atoms with Gasteiger partial charge in [-0.15, -0.1) is 0 Å². The number of nitrogens with one attached hydrogen (secondary N) is 1. The zero-order valence-electron chi connectivity index (χ0n) is 11.4. The molecule has 0 bridgehead atoms. The molecule has 4 nitrogen and oxygen atoms in total. The Kier molecular flexibility index (Phi) is 3.44. The molecule has 2 aromatic rings. The number of halogens is 1. The fourth-order valence-corrected chi connectivity index (χ4v) is 2.63. The SMILES string of the molecule is Cc1ccc(F)c(-c2cn(C3CCOCC3)c(=O)[nH]2)c1. The Balaban J connectivity index is 1.99. The van der Waals surface area contributed by atoms with Crippen molar-refractivity contribution in [2.24, 2.45) is 0 Å². The Morgan fingerprint density at radius 3 is 2.85 bits per heavy atom. The van der Waals surface area contributed by atoms with Gasteiger partial charge in [-0.05, 0) is 31.9 Å². The number of benzene rings is 1. The number of rotatable bonds is 2. The molecular weight excluding hydrogens is 259 g/mol. The summed E-state index contributed by atoms with van der Waals surface area (Å²) >= 11 is 0. The number of aryl methyl sites for hydroxylation is 1. The molecule has 1 aliphatic heterocycles. The van der Waals surface area contributed by atoms with E-state index in [4.69, 9.17) is 4.74 Å². The predicted octanol–water partition coefficient (Wildman–Crippen LogP) is 2.64. The monoisotopic (exact) mass is 276 g/mol. The van der Waals surface area contributed by atoms with E-state index in [9.17, 15) is 9.18 Å². The first kappa shape index (κ1) is 13.1. The minimum Gasteiger partial charge on any atom is -0.381 e. The minimum atomic E-state index is -0.323. The van der Waals surface area contributed by atoms with Gasteiger partial charge in [-0.2, -0.15) is 0 Å². The summed E-state index contributed by atoms with van der Waals surface area (Å²) in [5.41, 5.74) is 1.74. The standard InChI is InChI=1S/C15H17FN2O2/c1-10-2-3-13(16)12(8-10)14-9-18(15(19)17-14)11-4-6-20-7-5-11/h2-3,8-9,11H,4-7H2,1H3,(H,17,19). The fourth-order valence-electron chi connectivity index (χ4n) is 2.63. The summed E-state index contributed by atoms with van der Waals surface area (Å²) in [6.07, 6.45) is 3.34. The van der Waals surface area contributed by atoms with E-state index >= 15 is 0 Å². The molecule has 20 heavy (non-hydrogen) atoms. The normalized spacial score (nSPS) is 16.5. The summed E-state index contributed by atoms with van der Waals surface area (Å²) in [6.45, 7) is 3.23. The van der Waals surface area contributed by atoms with Crippen molar-refractivity contribution in [2.45, 2.75) is 25.8 Å². The minimum absolute atomic E-state index is 0.133. The molecule has 1 aliphatic rings. The van der Waals surface area contributed by atoms with Crippen LogP contribution in [0, 0.1) is 12.7 Å². The van der Waals surface area contributed by atoms with Gasteiger partial charge in [0, 0.05) is 31.0 Å². The molecule has 1 saturated heterocycles. The second-order valence-corrected chi connectivity index (χ2v) is 5.21. The molecule has 2 heterocycles. The van der Waals surface area contributed by atoms with Crippen LogP contribution < -0.4 is 5.69 Å². The molecule has 5 heteroatoms. The van der Waals surface area contributed by atoms with Gasteiger partial charge in [-0.25, -0.2) is 9.18 Å². The number of aromatic nitrogens is 2. The van der Waals surface area contributed by atoms with Crippen molar-refractivity contribution in [3.63, 3.8) is 0 Å². The lowest BCUT2D eigenvalue weighted by atomic mass is 10.1. The van der Waals surface area contributed by atoms with Gasteiger partial charge in [0.05, 0.1) is 5.69 Å². The molecule has 0 aliphatic carbocycles. The van der Waals surface area contributed by atoms with E-state index < -0.39 is 0 Å². The summed E-state index contributed by atoms with van der Waals surface area (Å²) in [5.74, 6) is -0.323. The van der Waals surface area contributed by atoms with Crippen molar-refractivity contribution in [1.82, 2.24) is 9.55 Å². The van der Waals surface area contributed by atoms with Crippen molar-refractivity contribution in [2.75, 3.05) is 13.2 Å². The molecule has 0 atom stereocenters. The number of aromatic amines is 1. The van der Waals surface area contributed by atoms with Gasteiger partial charge in [-0.3, -0.25) is 4.57 Å². The first-order chi connectivity index (χ1) is 9.65. The van der Waals surface area contributed by atoms with Crippen LogP contribution in [0.2, 0.25) is 0 Å². The number of hydrogen-bond donors (Lipinski definition) is 1. The number of nitrogens with zero attached hydrogens (tertiary/aromatic N) is 1. The molecule has 3 rings (SSSR count). The highest BCUT2D eigenvalue weighted by molar-refractivity contribution is 5.60. The molecule has 1 aromatic carbocycles. The number of ether oxygens (including phenoxy) is 1. The maximum atomic E-state index is 13.9. The topological polar surface area (TPSA) is 47.0 Å². The lowest BCUT2D eigenvalue weighted by Crippen LogP contribution is -2.26. The zero-order valence-corrected chi connectivity index (χ0v) is 11.4. The zero-order chi connectivity index (χ0) is 14.1. The van der Waals surface area contributed by atoms with Gasteiger partial charge < -0.3 is 9.72 Å². The molecule has 1 N–H and O–H groups in total. The molecule has 0 unspecified atom stereocenters. The highest BCUT2D eigenvalue weighted by atomic mass is 19.1. The van der Waals surface area contributed by atoms with Crippen molar-refractivity contribution in [3.05, 3.63) is 46.3 Å². The van der Waals surface area contributed by atoms with Gasteiger partial charge in [0.2, 0.25) is 0 Å². The second kappa shape index (κ2) is 5.25. The Morgan fingerprint density at radius 1 is 1.35 bits per heavy atom. The van der Waals surface area contributed by atoms with E-state index in [0.29, 0.717) is 24.5 Å². The summed E-state index contributed by atoms with van der Waals surface area (Å²) in [7, 11) is 0. The molecule has 0 amide bonds. The van der Waals surface area contributed by atoms with Crippen LogP contribution in [-0.4, -0.2) is 22.8 Å². The van der Waals surface area contributed by atoms with E-state index in [1.165, 1.54) is 6.07 Å². The number of imidazole rings is 1. The lowest BCUT2D eigenvalue weighted by molar-refractivity contribution is 0.0687. The van der Waals surface area contributed by atoms with Gasteiger partial charge in [0.15, 0.2) is 0 Å². The Hall–Kier alpha value is -1.88. The van der Waals surface area contributed by atoms with Crippen LogP contribution in [-0.2, 0) is 4.74 Å². The summed E-state index contributed by atoms with van der Waals surface area (Å²) in [5, 5.41) is 0. The van der Waals surface area contributed by atoms with Crippen molar-refractivity contribution in [1.29, 1.82) is 0 Å². The first-order valence-electron chi connectivity index (χ1n) is 6.80. The highest BCUT2D eigenvalue weighted by Gasteiger charge is 2.19. The average Bonchev–Trinajstić information content (AvgIpc) is 2.84. The molecule has 0 spiro atoms. The smallest absolute Gasteiger partial charge is 0.326 e. The molecule has 106 valence electrons. The van der Waals surface area contributed by atoms with Crippen molar-refractivity contribution in [3.8, 4) is 11.3 Å². The van der Waals surface area contributed by atoms with Crippen LogP contribution in [0.5, 0.6) is 0 Å². The van der Waals surface area contributed by atoms with Gasteiger partial charge in [0.25, 0.3) is 0 Å². The molecule has 0 saturated carbocycles. The first-order valence-corrected chi connectivity index (χ1v) is 6.80. The van der Waals surface area contributed by atoms with Crippen LogP contribution in [0.3, 0.4) is 0 Å². The summed E-state index contributed by atoms with van der Waals surface area (Å²) in [6, 6.07) is 5.02. The van der Waals surface area contributed by atoms with E-state index in [0.717, 1.165) is 18.4 Å². The second-order valence-electron chi connectivity index (χ2n) is 5.21. The van der Waals surface area contributed by atoms with Gasteiger partial charge >= 0.3 is 5.69 Å². The Morgan fingerprint density at radius 2 is 2.10 bits per heavy atom. The van der Waals surface area contributed by atoms with Crippen LogP contribution in [0.4, 0.5) is 4.39 Å². The quantitative estimate of drug-likeness (QED) is 0.916. The van der Waals surface area contributed by atoms with Crippen molar-refractivity contribution < 1.29 is 9.13 Å². The number of H-pyrrole nitrogens is 1. The van der Waals surface area contributed by atoms with Gasteiger partial charge in [-0.1, -0.05) is 11.6 Å².